The minimum Gasteiger partial charge on any atom is -0.481 e. The molecule has 0 aromatic rings. The van der Waals surface area contributed by atoms with E-state index in [4.69, 9.17) is 14.9 Å². The summed E-state index contributed by atoms with van der Waals surface area (Å²) in [6, 6.07) is 0. The molecule has 0 amide bonds. The predicted molar refractivity (Wildman–Crippen MR) is 73.6 cm³/mol. The second-order valence-electron chi connectivity index (χ2n) is 4.05. The van der Waals surface area contributed by atoms with Gasteiger partial charge in [-0.25, -0.2) is 9.59 Å². The Morgan fingerprint density at radius 2 is 1.41 bits per heavy atom. The lowest BCUT2D eigenvalue weighted by Crippen LogP contribution is -2.11. The first-order valence-electron chi connectivity index (χ1n) is 6.06. The van der Waals surface area contributed by atoms with Crippen molar-refractivity contribution in [2.24, 2.45) is 0 Å². The normalized spacial score (nSPS) is 10.0. The van der Waals surface area contributed by atoms with Crippen LogP contribution >= 0.6 is 0 Å². The van der Waals surface area contributed by atoms with Crippen LogP contribution in [-0.2, 0) is 28.7 Å². The summed E-state index contributed by atoms with van der Waals surface area (Å²) >= 11 is 0. The number of rotatable bonds is 10. The summed E-state index contributed by atoms with van der Waals surface area (Å²) in [7, 11) is 0. The van der Waals surface area contributed by atoms with E-state index >= 15 is 0 Å². The molecule has 0 aliphatic heterocycles. The summed E-state index contributed by atoms with van der Waals surface area (Å²) in [5, 5.41) is 16.9. The molecule has 0 saturated carbocycles. The van der Waals surface area contributed by atoms with Gasteiger partial charge in [0, 0.05) is 17.6 Å². The van der Waals surface area contributed by atoms with Crippen molar-refractivity contribution in [2.45, 2.75) is 19.3 Å². The maximum absolute atomic E-state index is 11.2. The van der Waals surface area contributed by atoms with Crippen molar-refractivity contribution in [3.63, 3.8) is 0 Å². The zero-order chi connectivity index (χ0) is 17.1. The third kappa shape index (κ3) is 9.08. The van der Waals surface area contributed by atoms with Gasteiger partial charge in [0.2, 0.25) is 0 Å². The summed E-state index contributed by atoms with van der Waals surface area (Å²) < 4.78 is 9.32. The van der Waals surface area contributed by atoms with Gasteiger partial charge in [-0.3, -0.25) is 9.59 Å². The van der Waals surface area contributed by atoms with E-state index in [1.165, 1.54) is 6.08 Å². The van der Waals surface area contributed by atoms with Gasteiger partial charge < -0.3 is 19.7 Å². The second kappa shape index (κ2) is 9.92. The number of carboxylic acids is 2. The molecule has 8 nitrogen and oxygen atoms in total. The Hall–Kier alpha value is -2.90. The lowest BCUT2D eigenvalue weighted by Gasteiger charge is -2.03. The van der Waals surface area contributed by atoms with Crippen LogP contribution in [0.15, 0.2) is 36.6 Å². The Kier molecular flexibility index (Phi) is 8.61. The van der Waals surface area contributed by atoms with E-state index in [-0.39, 0.29) is 24.2 Å². The molecule has 0 saturated heterocycles. The Morgan fingerprint density at radius 3 is 1.91 bits per heavy atom. The van der Waals surface area contributed by atoms with E-state index in [0.29, 0.717) is 0 Å². The van der Waals surface area contributed by atoms with Gasteiger partial charge >= 0.3 is 23.9 Å². The van der Waals surface area contributed by atoms with Crippen LogP contribution in [0.4, 0.5) is 0 Å². The van der Waals surface area contributed by atoms with E-state index in [0.717, 1.165) is 6.26 Å². The summed E-state index contributed by atoms with van der Waals surface area (Å²) in [5.41, 5.74) is -0.374. The van der Waals surface area contributed by atoms with Gasteiger partial charge in [0.1, 0.15) is 0 Å². The fraction of sp³-hybridized carbons (Fsp3) is 0.286. The average Bonchev–Trinajstić information content (AvgIpc) is 2.40. The molecule has 0 rings (SSSR count). The number of hydrogen-bond donors (Lipinski definition) is 2. The maximum Gasteiger partial charge on any atom is 0.338 e. The number of aliphatic carboxylic acids is 2. The van der Waals surface area contributed by atoms with Crippen molar-refractivity contribution in [3.8, 4) is 0 Å². The highest BCUT2D eigenvalue weighted by molar-refractivity contribution is 5.93. The van der Waals surface area contributed by atoms with Crippen molar-refractivity contribution in [2.75, 3.05) is 6.61 Å². The molecule has 0 heterocycles. The molecule has 0 fully saturated rings. The Bertz CT molecular complexity index is 515. The molecular weight excluding hydrogens is 296 g/mol. The molecule has 0 aliphatic carbocycles. The lowest BCUT2D eigenvalue weighted by molar-refractivity contribution is -0.142. The molecule has 0 aromatic heterocycles. The first-order valence-corrected chi connectivity index (χ1v) is 6.06. The van der Waals surface area contributed by atoms with Crippen molar-refractivity contribution >= 4 is 23.9 Å². The molecule has 0 unspecified atom stereocenters. The van der Waals surface area contributed by atoms with Gasteiger partial charge in [-0.05, 0) is 6.08 Å². The monoisotopic (exact) mass is 312 g/mol. The van der Waals surface area contributed by atoms with Gasteiger partial charge in [0.25, 0.3) is 0 Å². The number of ether oxygens (including phenoxy) is 2. The molecule has 0 spiro atoms. The third-order valence-corrected chi connectivity index (χ3v) is 2.10. The van der Waals surface area contributed by atoms with E-state index in [9.17, 15) is 19.2 Å². The predicted octanol–water partition coefficient (Wildman–Crippen LogP) is 1.04. The molecule has 120 valence electrons. The van der Waals surface area contributed by atoms with Crippen LogP contribution in [0.1, 0.15) is 19.3 Å². The fourth-order valence-corrected chi connectivity index (χ4v) is 1.09. The van der Waals surface area contributed by atoms with E-state index in [1.54, 1.807) is 0 Å². The van der Waals surface area contributed by atoms with Crippen LogP contribution in [0, 0.1) is 0 Å². The molecule has 0 aliphatic rings. The smallest absolute Gasteiger partial charge is 0.338 e. The Morgan fingerprint density at radius 1 is 0.909 bits per heavy atom. The molecule has 22 heavy (non-hydrogen) atoms. The molecule has 0 aromatic carbocycles. The quantitative estimate of drug-likeness (QED) is 0.265. The highest BCUT2D eigenvalue weighted by Gasteiger charge is 2.12. The van der Waals surface area contributed by atoms with Gasteiger partial charge in [-0.15, -0.1) is 0 Å². The topological polar surface area (TPSA) is 127 Å². The first kappa shape index (κ1) is 19.1. The minimum atomic E-state index is -1.19. The van der Waals surface area contributed by atoms with Gasteiger partial charge in [0.05, 0.1) is 25.7 Å². The fourth-order valence-electron chi connectivity index (χ4n) is 1.09. The molecule has 8 heteroatoms. The Labute approximate surface area is 126 Å². The third-order valence-electron chi connectivity index (χ3n) is 2.10. The van der Waals surface area contributed by atoms with Crippen molar-refractivity contribution in [3.05, 3.63) is 36.6 Å². The summed E-state index contributed by atoms with van der Waals surface area (Å²) in [6.07, 6.45) is 1.59. The van der Waals surface area contributed by atoms with Crippen molar-refractivity contribution in [1.29, 1.82) is 0 Å². The van der Waals surface area contributed by atoms with E-state index < -0.39 is 36.7 Å². The van der Waals surface area contributed by atoms with E-state index in [2.05, 4.69) is 17.9 Å². The number of hydrogen-bond acceptors (Lipinski definition) is 6. The SMILES string of the molecule is C=C(CC(=O)O)C(=O)OC=CCCOC(=O)C(=C)CC(=O)O. The lowest BCUT2D eigenvalue weighted by atomic mass is 10.2. The van der Waals surface area contributed by atoms with Crippen LogP contribution in [-0.4, -0.2) is 40.7 Å². The zero-order valence-electron chi connectivity index (χ0n) is 11.7. The zero-order valence-corrected chi connectivity index (χ0v) is 11.7. The van der Waals surface area contributed by atoms with E-state index in [1.807, 2.05) is 0 Å². The van der Waals surface area contributed by atoms with Gasteiger partial charge in [-0.2, -0.15) is 0 Å². The summed E-state index contributed by atoms with van der Waals surface area (Å²) in [5.74, 6) is -4.07. The number of carboxylic acid groups (broad SMARTS) is 2. The van der Waals surface area contributed by atoms with Crippen molar-refractivity contribution < 1.29 is 38.9 Å². The van der Waals surface area contributed by atoms with Gasteiger partial charge in [0.15, 0.2) is 0 Å². The highest BCUT2D eigenvalue weighted by atomic mass is 16.5. The summed E-state index contributed by atoms with van der Waals surface area (Å²) in [4.78, 5) is 43.2. The van der Waals surface area contributed by atoms with Crippen LogP contribution in [0.2, 0.25) is 0 Å². The molecule has 2 N–H and O–H groups in total. The summed E-state index contributed by atoms with van der Waals surface area (Å²) in [6.45, 7) is 6.48. The van der Waals surface area contributed by atoms with Gasteiger partial charge in [-0.1, -0.05) is 13.2 Å². The van der Waals surface area contributed by atoms with Crippen LogP contribution < -0.4 is 0 Å². The molecule has 0 bridgehead atoms. The standard InChI is InChI=1S/C14H16O8/c1-9(7-11(15)16)13(19)21-5-3-4-6-22-14(20)10(2)8-12(17)18/h3,5H,1-2,4,6-8H2,(H,15,16)(H,17,18). The second-order valence-corrected chi connectivity index (χ2v) is 4.05. The number of esters is 2. The number of carbonyl (C=O) groups is 4. The number of carbonyl (C=O) groups excluding carboxylic acids is 2. The highest BCUT2D eigenvalue weighted by Crippen LogP contribution is 2.03. The van der Waals surface area contributed by atoms with Crippen LogP contribution in [0.25, 0.3) is 0 Å². The minimum absolute atomic E-state index is 0.0540. The van der Waals surface area contributed by atoms with Crippen LogP contribution in [0.5, 0.6) is 0 Å². The van der Waals surface area contributed by atoms with Crippen molar-refractivity contribution in [1.82, 2.24) is 0 Å². The maximum atomic E-state index is 11.2. The molecule has 0 radical (unpaired) electrons. The molecular formula is C14H16O8. The Balaban J connectivity index is 3.92. The first-order chi connectivity index (χ1) is 10.2. The van der Waals surface area contributed by atoms with Crippen LogP contribution in [0.3, 0.4) is 0 Å². The average molecular weight is 312 g/mol. The largest absolute Gasteiger partial charge is 0.481 e. The molecule has 0 atom stereocenters.